The predicted octanol–water partition coefficient (Wildman–Crippen LogP) is 2.46. The number of hydrogen-bond acceptors (Lipinski definition) is 4. The van der Waals surface area contributed by atoms with Crippen LogP contribution >= 0.6 is 0 Å². The summed E-state index contributed by atoms with van der Waals surface area (Å²) in [7, 11) is 1.64. The molecule has 0 amide bonds. The van der Waals surface area contributed by atoms with Gasteiger partial charge in [-0.05, 0) is 55.5 Å². The van der Waals surface area contributed by atoms with Crippen molar-refractivity contribution in [2.75, 3.05) is 26.8 Å². The van der Waals surface area contributed by atoms with E-state index in [1.807, 2.05) is 24.3 Å². The van der Waals surface area contributed by atoms with Crippen LogP contribution in [0.25, 0.3) is 0 Å². The van der Waals surface area contributed by atoms with Gasteiger partial charge in [0.1, 0.15) is 24.2 Å². The van der Waals surface area contributed by atoms with Crippen molar-refractivity contribution in [3.05, 3.63) is 24.3 Å². The maximum Gasteiger partial charge on any atom is 0.119 e. The van der Waals surface area contributed by atoms with Gasteiger partial charge in [-0.25, -0.2) is 0 Å². The molecule has 1 aliphatic rings. The highest BCUT2D eigenvalue weighted by Gasteiger charge is 2.20. The zero-order chi connectivity index (χ0) is 15.1. The van der Waals surface area contributed by atoms with E-state index in [1.165, 1.54) is 19.3 Å². The summed E-state index contributed by atoms with van der Waals surface area (Å²) in [5.74, 6) is 3.18. The van der Waals surface area contributed by atoms with Gasteiger partial charge < -0.3 is 19.9 Å². The minimum absolute atomic E-state index is 0.306. The smallest absolute Gasteiger partial charge is 0.119 e. The number of hydrogen-bond donors (Lipinski definition) is 2. The standard InChI is InChI=1S/C17H27NO3/c1-13-3-4-14(9-13)10-18-11-15(19)12-21-17-7-5-16(20-2)6-8-17/h5-8,13-15,18-19H,3-4,9-12H2,1-2H3. The average molecular weight is 293 g/mol. The topological polar surface area (TPSA) is 50.7 Å². The minimum Gasteiger partial charge on any atom is -0.497 e. The Morgan fingerprint density at radius 1 is 1.24 bits per heavy atom. The first-order chi connectivity index (χ1) is 10.2. The summed E-state index contributed by atoms with van der Waals surface area (Å²) in [5.41, 5.74) is 0. The lowest BCUT2D eigenvalue weighted by atomic mass is 10.1. The van der Waals surface area contributed by atoms with Crippen molar-refractivity contribution in [3.8, 4) is 11.5 Å². The molecule has 0 aromatic heterocycles. The van der Waals surface area contributed by atoms with Crippen molar-refractivity contribution >= 4 is 0 Å². The molecule has 0 saturated heterocycles. The molecule has 1 aromatic rings. The molecule has 21 heavy (non-hydrogen) atoms. The molecule has 1 aromatic carbocycles. The second-order valence-electron chi connectivity index (χ2n) is 6.08. The zero-order valence-corrected chi connectivity index (χ0v) is 13.0. The summed E-state index contributed by atoms with van der Waals surface area (Å²) >= 11 is 0. The summed E-state index contributed by atoms with van der Waals surface area (Å²) in [6.07, 6.45) is 3.49. The maximum absolute atomic E-state index is 9.92. The van der Waals surface area contributed by atoms with E-state index < -0.39 is 6.10 Å². The first-order valence-corrected chi connectivity index (χ1v) is 7.83. The molecule has 4 nitrogen and oxygen atoms in total. The Morgan fingerprint density at radius 2 is 1.95 bits per heavy atom. The van der Waals surface area contributed by atoms with Crippen molar-refractivity contribution in [2.24, 2.45) is 11.8 Å². The third-order valence-corrected chi connectivity index (χ3v) is 4.12. The van der Waals surface area contributed by atoms with Crippen LogP contribution in [0.2, 0.25) is 0 Å². The number of aliphatic hydroxyl groups excluding tert-OH is 1. The normalized spacial score (nSPS) is 23.0. The van der Waals surface area contributed by atoms with Gasteiger partial charge in [-0.1, -0.05) is 13.3 Å². The van der Waals surface area contributed by atoms with E-state index in [-0.39, 0.29) is 0 Å². The second-order valence-corrected chi connectivity index (χ2v) is 6.08. The third kappa shape index (κ3) is 5.56. The first-order valence-electron chi connectivity index (χ1n) is 7.83. The molecule has 0 spiro atoms. The summed E-state index contributed by atoms with van der Waals surface area (Å²) in [4.78, 5) is 0. The van der Waals surface area contributed by atoms with E-state index in [0.717, 1.165) is 29.9 Å². The molecule has 1 saturated carbocycles. The number of methoxy groups -OCH3 is 1. The lowest BCUT2D eigenvalue weighted by molar-refractivity contribution is 0.105. The zero-order valence-electron chi connectivity index (χ0n) is 13.0. The number of benzene rings is 1. The van der Waals surface area contributed by atoms with E-state index in [2.05, 4.69) is 12.2 Å². The summed E-state index contributed by atoms with van der Waals surface area (Å²) in [6, 6.07) is 7.39. The molecule has 1 aliphatic carbocycles. The predicted molar refractivity (Wildman–Crippen MR) is 83.9 cm³/mol. The van der Waals surface area contributed by atoms with Gasteiger partial charge in [0.15, 0.2) is 0 Å². The highest BCUT2D eigenvalue weighted by Crippen LogP contribution is 2.29. The van der Waals surface area contributed by atoms with Gasteiger partial charge in [0.05, 0.1) is 7.11 Å². The molecule has 2 rings (SSSR count). The molecule has 0 aliphatic heterocycles. The Balaban J connectivity index is 1.59. The largest absolute Gasteiger partial charge is 0.497 e. The molecule has 0 heterocycles. The van der Waals surface area contributed by atoms with Gasteiger partial charge in [-0.3, -0.25) is 0 Å². The van der Waals surface area contributed by atoms with Crippen LogP contribution in [0.1, 0.15) is 26.2 Å². The van der Waals surface area contributed by atoms with E-state index in [1.54, 1.807) is 7.11 Å². The monoisotopic (exact) mass is 293 g/mol. The maximum atomic E-state index is 9.92. The lowest BCUT2D eigenvalue weighted by Gasteiger charge is -2.15. The SMILES string of the molecule is COc1ccc(OCC(O)CNCC2CCC(C)C2)cc1. The first kappa shape index (κ1) is 16.1. The van der Waals surface area contributed by atoms with Crippen molar-refractivity contribution in [1.82, 2.24) is 5.32 Å². The van der Waals surface area contributed by atoms with Crippen LogP contribution in [0.5, 0.6) is 11.5 Å². The highest BCUT2D eigenvalue weighted by atomic mass is 16.5. The number of nitrogens with one attached hydrogen (secondary N) is 1. The van der Waals surface area contributed by atoms with E-state index in [4.69, 9.17) is 9.47 Å². The quantitative estimate of drug-likeness (QED) is 0.773. The fourth-order valence-electron chi connectivity index (χ4n) is 2.89. The molecule has 3 unspecified atom stereocenters. The minimum atomic E-state index is -0.481. The van der Waals surface area contributed by atoms with Gasteiger partial charge in [-0.2, -0.15) is 0 Å². The van der Waals surface area contributed by atoms with E-state index in [0.29, 0.717) is 13.2 Å². The van der Waals surface area contributed by atoms with Gasteiger partial charge in [0.2, 0.25) is 0 Å². The summed E-state index contributed by atoms with van der Waals surface area (Å²) < 4.78 is 10.7. The van der Waals surface area contributed by atoms with Gasteiger partial charge >= 0.3 is 0 Å². The summed E-state index contributed by atoms with van der Waals surface area (Å²) in [6.45, 7) is 4.21. The highest BCUT2D eigenvalue weighted by molar-refractivity contribution is 5.31. The Bertz CT molecular complexity index is 407. The molecular formula is C17H27NO3. The number of aliphatic hydroxyl groups is 1. The van der Waals surface area contributed by atoms with Gasteiger partial charge in [0.25, 0.3) is 0 Å². The summed E-state index contributed by atoms with van der Waals surface area (Å²) in [5, 5.41) is 13.3. The van der Waals surface area contributed by atoms with Crippen LogP contribution in [0.4, 0.5) is 0 Å². The van der Waals surface area contributed by atoms with Crippen LogP contribution in [-0.2, 0) is 0 Å². The molecule has 4 heteroatoms. The van der Waals surface area contributed by atoms with Gasteiger partial charge in [0, 0.05) is 6.54 Å². The number of ether oxygens (including phenoxy) is 2. The van der Waals surface area contributed by atoms with Crippen molar-refractivity contribution in [2.45, 2.75) is 32.3 Å². The average Bonchev–Trinajstić information content (AvgIpc) is 2.91. The van der Waals surface area contributed by atoms with Crippen LogP contribution in [0, 0.1) is 11.8 Å². The lowest BCUT2D eigenvalue weighted by Crippen LogP contribution is -2.33. The molecule has 1 fully saturated rings. The van der Waals surface area contributed by atoms with Crippen molar-refractivity contribution in [3.63, 3.8) is 0 Å². The van der Waals surface area contributed by atoms with Crippen LogP contribution in [0.15, 0.2) is 24.3 Å². The fraction of sp³-hybridized carbons (Fsp3) is 0.647. The fourth-order valence-corrected chi connectivity index (χ4v) is 2.89. The Labute approximate surface area is 127 Å². The molecule has 118 valence electrons. The molecule has 2 N–H and O–H groups in total. The molecule has 3 atom stereocenters. The molecule has 0 bridgehead atoms. The number of rotatable bonds is 8. The van der Waals surface area contributed by atoms with Crippen molar-refractivity contribution < 1.29 is 14.6 Å². The Morgan fingerprint density at radius 3 is 2.57 bits per heavy atom. The second kappa shape index (κ2) is 8.25. The Kier molecular flexibility index (Phi) is 6.33. The van der Waals surface area contributed by atoms with Crippen LogP contribution < -0.4 is 14.8 Å². The van der Waals surface area contributed by atoms with Crippen LogP contribution in [0.3, 0.4) is 0 Å². The van der Waals surface area contributed by atoms with Crippen molar-refractivity contribution in [1.29, 1.82) is 0 Å². The molecule has 0 radical (unpaired) electrons. The van der Waals surface area contributed by atoms with Gasteiger partial charge in [-0.15, -0.1) is 0 Å². The van der Waals surface area contributed by atoms with E-state index in [9.17, 15) is 5.11 Å². The third-order valence-electron chi connectivity index (χ3n) is 4.12. The van der Waals surface area contributed by atoms with E-state index >= 15 is 0 Å². The molecular weight excluding hydrogens is 266 g/mol. The van der Waals surface area contributed by atoms with Crippen LogP contribution in [-0.4, -0.2) is 38.0 Å². The Hall–Kier alpha value is -1.26.